The summed E-state index contributed by atoms with van der Waals surface area (Å²) in [6.07, 6.45) is 7.96. The van der Waals surface area contributed by atoms with Gasteiger partial charge in [-0.05, 0) is 36.6 Å². The van der Waals surface area contributed by atoms with E-state index in [2.05, 4.69) is 5.32 Å². The molecule has 1 aliphatic carbocycles. The molecule has 20 heavy (non-hydrogen) atoms. The van der Waals surface area contributed by atoms with Crippen LogP contribution in [0.5, 0.6) is 11.5 Å². The monoisotopic (exact) mass is 275 g/mol. The van der Waals surface area contributed by atoms with Gasteiger partial charge in [-0.15, -0.1) is 0 Å². The van der Waals surface area contributed by atoms with Gasteiger partial charge in [-0.1, -0.05) is 18.9 Å². The van der Waals surface area contributed by atoms with Gasteiger partial charge in [0, 0.05) is 12.1 Å². The molecule has 4 nitrogen and oxygen atoms in total. The van der Waals surface area contributed by atoms with Crippen molar-refractivity contribution in [3.05, 3.63) is 29.8 Å². The van der Waals surface area contributed by atoms with Gasteiger partial charge in [0.15, 0.2) is 11.5 Å². The minimum Gasteiger partial charge on any atom is -0.493 e. The highest BCUT2D eigenvalue weighted by Gasteiger charge is 2.15. The van der Waals surface area contributed by atoms with E-state index in [1.165, 1.54) is 12.8 Å². The molecule has 0 spiro atoms. The van der Waals surface area contributed by atoms with Gasteiger partial charge in [0.05, 0.1) is 14.2 Å². The van der Waals surface area contributed by atoms with Gasteiger partial charge in [-0.25, -0.2) is 0 Å². The number of nitrogens with one attached hydrogen (secondary N) is 1. The maximum Gasteiger partial charge on any atom is 0.244 e. The maximum atomic E-state index is 11.8. The Balaban J connectivity index is 1.97. The minimum absolute atomic E-state index is 0.0355. The smallest absolute Gasteiger partial charge is 0.244 e. The molecule has 1 aromatic carbocycles. The van der Waals surface area contributed by atoms with Crippen LogP contribution in [0.25, 0.3) is 6.08 Å². The quantitative estimate of drug-likeness (QED) is 0.841. The molecule has 0 heterocycles. The van der Waals surface area contributed by atoms with Crippen molar-refractivity contribution >= 4 is 12.0 Å². The van der Waals surface area contributed by atoms with Crippen LogP contribution in [0.1, 0.15) is 31.2 Å². The Morgan fingerprint density at radius 3 is 2.55 bits per heavy atom. The Morgan fingerprint density at radius 1 is 1.20 bits per heavy atom. The van der Waals surface area contributed by atoms with E-state index in [0.717, 1.165) is 18.4 Å². The van der Waals surface area contributed by atoms with E-state index in [4.69, 9.17) is 9.47 Å². The summed E-state index contributed by atoms with van der Waals surface area (Å²) < 4.78 is 10.4. The fraction of sp³-hybridized carbons (Fsp3) is 0.438. The third-order valence-electron chi connectivity index (χ3n) is 3.54. The third kappa shape index (κ3) is 3.76. The van der Waals surface area contributed by atoms with E-state index < -0.39 is 0 Å². The number of carbonyl (C=O) groups excluding carboxylic acids is 1. The van der Waals surface area contributed by atoms with Crippen molar-refractivity contribution in [2.75, 3.05) is 14.2 Å². The van der Waals surface area contributed by atoms with Gasteiger partial charge in [0.1, 0.15) is 0 Å². The number of benzene rings is 1. The zero-order chi connectivity index (χ0) is 14.4. The summed E-state index contributed by atoms with van der Waals surface area (Å²) in [6, 6.07) is 5.91. The van der Waals surface area contributed by atoms with Crippen molar-refractivity contribution < 1.29 is 14.3 Å². The first kappa shape index (κ1) is 14.4. The summed E-state index contributed by atoms with van der Waals surface area (Å²) in [6.45, 7) is 0. The van der Waals surface area contributed by atoms with Crippen LogP contribution in [0.15, 0.2) is 24.3 Å². The van der Waals surface area contributed by atoms with Gasteiger partial charge in [0.25, 0.3) is 0 Å². The molecule has 0 atom stereocenters. The molecule has 4 heteroatoms. The maximum absolute atomic E-state index is 11.8. The molecular weight excluding hydrogens is 254 g/mol. The number of amides is 1. The number of hydrogen-bond donors (Lipinski definition) is 1. The molecular formula is C16H21NO3. The number of ether oxygens (including phenoxy) is 2. The van der Waals surface area contributed by atoms with E-state index in [1.807, 2.05) is 18.2 Å². The Hall–Kier alpha value is -1.97. The first-order chi connectivity index (χ1) is 9.72. The van der Waals surface area contributed by atoms with Crippen LogP contribution in [0.2, 0.25) is 0 Å². The molecule has 0 aliphatic heterocycles. The molecule has 0 radical (unpaired) electrons. The fourth-order valence-electron chi connectivity index (χ4n) is 2.45. The predicted molar refractivity (Wildman–Crippen MR) is 79.0 cm³/mol. The van der Waals surface area contributed by atoms with Gasteiger partial charge >= 0.3 is 0 Å². The van der Waals surface area contributed by atoms with Crippen LogP contribution in [0.3, 0.4) is 0 Å². The molecule has 1 aliphatic rings. The predicted octanol–water partition coefficient (Wildman–Crippen LogP) is 2.78. The Bertz CT molecular complexity index is 490. The first-order valence-corrected chi connectivity index (χ1v) is 6.93. The average molecular weight is 275 g/mol. The van der Waals surface area contributed by atoms with Crippen molar-refractivity contribution in [2.45, 2.75) is 31.7 Å². The van der Waals surface area contributed by atoms with Crippen LogP contribution >= 0.6 is 0 Å². The van der Waals surface area contributed by atoms with Crippen LogP contribution in [0.4, 0.5) is 0 Å². The van der Waals surface area contributed by atoms with Crippen LogP contribution in [-0.4, -0.2) is 26.2 Å². The second-order valence-electron chi connectivity index (χ2n) is 4.94. The Morgan fingerprint density at radius 2 is 1.90 bits per heavy atom. The molecule has 1 N–H and O–H groups in total. The molecule has 0 unspecified atom stereocenters. The molecule has 2 rings (SSSR count). The van der Waals surface area contributed by atoms with Gasteiger partial charge in [-0.2, -0.15) is 0 Å². The lowest BCUT2D eigenvalue weighted by Gasteiger charge is -2.09. The Kier molecular flexibility index (Phi) is 5.04. The molecule has 1 aromatic rings. The van der Waals surface area contributed by atoms with Crippen LogP contribution in [-0.2, 0) is 4.79 Å². The van der Waals surface area contributed by atoms with Crippen LogP contribution < -0.4 is 14.8 Å². The summed E-state index contributed by atoms with van der Waals surface area (Å²) in [4.78, 5) is 11.8. The number of carbonyl (C=O) groups is 1. The van der Waals surface area contributed by atoms with Crippen LogP contribution in [0, 0.1) is 0 Å². The Labute approximate surface area is 119 Å². The zero-order valence-corrected chi connectivity index (χ0v) is 12.0. The molecule has 0 saturated heterocycles. The number of hydrogen-bond acceptors (Lipinski definition) is 3. The third-order valence-corrected chi connectivity index (χ3v) is 3.54. The largest absolute Gasteiger partial charge is 0.493 e. The number of rotatable bonds is 5. The lowest BCUT2D eigenvalue weighted by molar-refractivity contribution is -0.117. The lowest BCUT2D eigenvalue weighted by Crippen LogP contribution is -2.30. The van der Waals surface area contributed by atoms with E-state index in [-0.39, 0.29) is 5.91 Å². The fourth-order valence-corrected chi connectivity index (χ4v) is 2.45. The zero-order valence-electron chi connectivity index (χ0n) is 12.0. The van der Waals surface area contributed by atoms with Gasteiger partial charge in [0.2, 0.25) is 5.91 Å². The summed E-state index contributed by atoms with van der Waals surface area (Å²) in [5, 5.41) is 3.02. The highest BCUT2D eigenvalue weighted by atomic mass is 16.5. The van der Waals surface area contributed by atoms with Crippen molar-refractivity contribution in [3.63, 3.8) is 0 Å². The standard InChI is InChI=1S/C16H21NO3/c1-19-14-9-7-12(11-15(14)20-2)8-10-16(18)17-13-5-3-4-6-13/h7-11,13H,3-6H2,1-2H3,(H,17,18). The van der Waals surface area contributed by atoms with E-state index >= 15 is 0 Å². The van der Waals surface area contributed by atoms with Gasteiger partial charge in [-0.3, -0.25) is 4.79 Å². The minimum atomic E-state index is -0.0355. The second-order valence-corrected chi connectivity index (χ2v) is 4.94. The van der Waals surface area contributed by atoms with E-state index in [9.17, 15) is 4.79 Å². The topological polar surface area (TPSA) is 47.6 Å². The molecule has 0 bridgehead atoms. The van der Waals surface area contributed by atoms with Gasteiger partial charge < -0.3 is 14.8 Å². The SMILES string of the molecule is COc1ccc(C=CC(=O)NC2CCCC2)cc1OC. The number of methoxy groups -OCH3 is 2. The summed E-state index contributed by atoms with van der Waals surface area (Å²) in [5.74, 6) is 1.30. The van der Waals surface area contributed by atoms with E-state index in [1.54, 1.807) is 26.4 Å². The molecule has 108 valence electrons. The normalized spacial score (nSPS) is 15.5. The van der Waals surface area contributed by atoms with Crippen molar-refractivity contribution in [3.8, 4) is 11.5 Å². The highest BCUT2D eigenvalue weighted by molar-refractivity contribution is 5.92. The lowest BCUT2D eigenvalue weighted by atomic mass is 10.2. The highest BCUT2D eigenvalue weighted by Crippen LogP contribution is 2.27. The molecule has 1 saturated carbocycles. The summed E-state index contributed by atoms with van der Waals surface area (Å²) in [5.41, 5.74) is 0.907. The summed E-state index contributed by atoms with van der Waals surface area (Å²) in [7, 11) is 3.20. The average Bonchev–Trinajstić information content (AvgIpc) is 2.97. The molecule has 1 amide bonds. The molecule has 1 fully saturated rings. The summed E-state index contributed by atoms with van der Waals surface area (Å²) >= 11 is 0. The second kappa shape index (κ2) is 6.98. The van der Waals surface area contributed by atoms with Crippen molar-refractivity contribution in [1.82, 2.24) is 5.32 Å². The van der Waals surface area contributed by atoms with Crippen molar-refractivity contribution in [2.24, 2.45) is 0 Å². The molecule has 0 aromatic heterocycles. The van der Waals surface area contributed by atoms with E-state index in [0.29, 0.717) is 17.5 Å². The van der Waals surface area contributed by atoms with Crippen molar-refractivity contribution in [1.29, 1.82) is 0 Å². The first-order valence-electron chi connectivity index (χ1n) is 6.93.